The summed E-state index contributed by atoms with van der Waals surface area (Å²) < 4.78 is 38.1. The molecule has 4 aromatic carbocycles. The van der Waals surface area contributed by atoms with Crippen molar-refractivity contribution in [3.63, 3.8) is 0 Å². The zero-order valence-corrected chi connectivity index (χ0v) is 24.5. The Morgan fingerprint density at radius 1 is 0.590 bits per heavy atom. The van der Waals surface area contributed by atoms with Crippen molar-refractivity contribution in [2.24, 2.45) is 0 Å². The molecular weight excluding hydrogens is 504 g/mol. The van der Waals surface area contributed by atoms with Gasteiger partial charge in [0, 0.05) is 5.41 Å². The third kappa shape index (κ3) is 6.36. The first-order chi connectivity index (χ1) is 18.5. The van der Waals surface area contributed by atoms with Gasteiger partial charge in [-0.3, -0.25) is 0 Å². The number of ether oxygens (including phenoxy) is 2. The van der Waals surface area contributed by atoms with Crippen LogP contribution in [0.15, 0.2) is 107 Å². The topological polar surface area (TPSA) is 52.6 Å². The Labute approximate surface area is 233 Å². The zero-order chi connectivity index (χ0) is 28.3. The minimum absolute atomic E-state index is 0.150. The molecule has 0 spiro atoms. The van der Waals surface area contributed by atoms with E-state index in [9.17, 15) is 8.42 Å². The Bertz CT molecular complexity index is 1480. The van der Waals surface area contributed by atoms with Crippen molar-refractivity contribution in [1.29, 1.82) is 0 Å². The lowest BCUT2D eigenvalue weighted by Crippen LogP contribution is -2.30. The van der Waals surface area contributed by atoms with Crippen LogP contribution in [0.25, 0.3) is 0 Å². The Morgan fingerprint density at radius 3 is 1.41 bits per heavy atom. The van der Waals surface area contributed by atoms with Gasteiger partial charge >= 0.3 is 0 Å². The molecule has 4 aromatic rings. The SMILES string of the molecule is CCC(C)(CC)Oc1ccc(C(C)(C)c2ccc(Oc3ccc(S(=O)(=O)c4ccc(C)cc4)cc3)cc2)cc1. The molecule has 0 atom stereocenters. The lowest BCUT2D eigenvalue weighted by molar-refractivity contribution is 0.0802. The molecule has 39 heavy (non-hydrogen) atoms. The summed E-state index contributed by atoms with van der Waals surface area (Å²) in [7, 11) is -3.57. The van der Waals surface area contributed by atoms with E-state index in [1.165, 1.54) is 5.56 Å². The van der Waals surface area contributed by atoms with Crippen molar-refractivity contribution in [1.82, 2.24) is 0 Å². The van der Waals surface area contributed by atoms with Crippen LogP contribution in [0.4, 0.5) is 0 Å². The number of rotatable bonds is 10. The second-order valence-corrected chi connectivity index (χ2v) is 12.8. The van der Waals surface area contributed by atoms with E-state index in [0.717, 1.165) is 29.7 Å². The van der Waals surface area contributed by atoms with Crippen LogP contribution in [0.3, 0.4) is 0 Å². The van der Waals surface area contributed by atoms with Gasteiger partial charge < -0.3 is 9.47 Å². The minimum atomic E-state index is -3.57. The van der Waals surface area contributed by atoms with Crippen LogP contribution in [-0.2, 0) is 15.3 Å². The normalized spacial score (nSPS) is 12.3. The summed E-state index contributed by atoms with van der Waals surface area (Å²) in [6, 6.07) is 29.8. The molecule has 204 valence electrons. The molecule has 0 amide bonds. The summed E-state index contributed by atoms with van der Waals surface area (Å²) in [5.41, 5.74) is 3.02. The molecule has 0 aliphatic heterocycles. The van der Waals surface area contributed by atoms with Crippen molar-refractivity contribution >= 4 is 9.84 Å². The molecule has 0 aromatic heterocycles. The van der Waals surface area contributed by atoms with Gasteiger partial charge in [0.2, 0.25) is 9.84 Å². The van der Waals surface area contributed by atoms with Gasteiger partial charge in [-0.2, -0.15) is 0 Å². The number of hydrogen-bond acceptors (Lipinski definition) is 4. The minimum Gasteiger partial charge on any atom is -0.488 e. The summed E-state index contributed by atoms with van der Waals surface area (Å²) in [4.78, 5) is 0.517. The van der Waals surface area contributed by atoms with Crippen LogP contribution in [0.1, 0.15) is 64.2 Å². The molecule has 4 nitrogen and oxygen atoms in total. The molecule has 0 bridgehead atoms. The summed E-state index contributed by atoms with van der Waals surface area (Å²) in [6.45, 7) is 12.8. The number of aryl methyl sites for hydroxylation is 1. The van der Waals surface area contributed by atoms with Crippen LogP contribution in [0.2, 0.25) is 0 Å². The smallest absolute Gasteiger partial charge is 0.206 e. The second kappa shape index (κ2) is 11.3. The van der Waals surface area contributed by atoms with Gasteiger partial charge in [0.25, 0.3) is 0 Å². The second-order valence-electron chi connectivity index (χ2n) is 10.8. The lowest BCUT2D eigenvalue weighted by Gasteiger charge is -2.30. The van der Waals surface area contributed by atoms with Gasteiger partial charge in [-0.1, -0.05) is 69.7 Å². The van der Waals surface area contributed by atoms with E-state index in [1.807, 2.05) is 19.1 Å². The molecule has 0 saturated heterocycles. The molecule has 0 heterocycles. The molecule has 0 saturated carbocycles. The highest BCUT2D eigenvalue weighted by atomic mass is 32.2. The van der Waals surface area contributed by atoms with Gasteiger partial charge in [0.1, 0.15) is 22.8 Å². The fourth-order valence-corrected chi connectivity index (χ4v) is 5.66. The fourth-order valence-electron chi connectivity index (χ4n) is 4.40. The average molecular weight is 543 g/mol. The highest BCUT2D eigenvalue weighted by Crippen LogP contribution is 2.35. The van der Waals surface area contributed by atoms with Gasteiger partial charge in [0.15, 0.2) is 0 Å². The monoisotopic (exact) mass is 542 g/mol. The first-order valence-electron chi connectivity index (χ1n) is 13.5. The van der Waals surface area contributed by atoms with Crippen molar-refractivity contribution in [3.8, 4) is 17.2 Å². The highest BCUT2D eigenvalue weighted by Gasteiger charge is 2.25. The van der Waals surface area contributed by atoms with Crippen molar-refractivity contribution < 1.29 is 17.9 Å². The summed E-state index contributed by atoms with van der Waals surface area (Å²) in [5.74, 6) is 2.15. The molecule has 0 N–H and O–H groups in total. The van der Waals surface area contributed by atoms with Crippen molar-refractivity contribution in [2.75, 3.05) is 0 Å². The molecule has 0 fully saturated rings. The fraction of sp³-hybridized carbons (Fsp3) is 0.294. The number of benzene rings is 4. The van der Waals surface area contributed by atoms with Crippen LogP contribution in [-0.4, -0.2) is 14.0 Å². The summed E-state index contributed by atoms with van der Waals surface area (Å²) in [6.07, 6.45) is 1.92. The molecule has 5 heteroatoms. The average Bonchev–Trinajstić information content (AvgIpc) is 2.94. The summed E-state index contributed by atoms with van der Waals surface area (Å²) in [5, 5.41) is 0. The summed E-state index contributed by atoms with van der Waals surface area (Å²) >= 11 is 0. The van der Waals surface area contributed by atoms with Crippen LogP contribution in [0, 0.1) is 6.92 Å². The van der Waals surface area contributed by atoms with Gasteiger partial charge in [0.05, 0.1) is 9.79 Å². The van der Waals surface area contributed by atoms with Crippen molar-refractivity contribution in [2.45, 2.75) is 75.2 Å². The van der Waals surface area contributed by atoms with E-state index < -0.39 is 9.84 Å². The highest BCUT2D eigenvalue weighted by molar-refractivity contribution is 7.91. The molecule has 0 aliphatic rings. The van der Waals surface area contributed by atoms with Crippen LogP contribution in [0.5, 0.6) is 17.2 Å². The maximum atomic E-state index is 12.9. The molecular formula is C34H38O4S. The van der Waals surface area contributed by atoms with E-state index in [4.69, 9.17) is 9.47 Å². The molecule has 0 radical (unpaired) electrons. The molecule has 0 aliphatic carbocycles. The van der Waals surface area contributed by atoms with Gasteiger partial charge in [-0.15, -0.1) is 0 Å². The largest absolute Gasteiger partial charge is 0.488 e. The van der Waals surface area contributed by atoms with E-state index in [-0.39, 0.29) is 20.8 Å². The van der Waals surface area contributed by atoms with Crippen molar-refractivity contribution in [3.05, 3.63) is 114 Å². The number of sulfone groups is 1. The van der Waals surface area contributed by atoms with E-state index >= 15 is 0 Å². The first-order valence-corrected chi connectivity index (χ1v) is 14.9. The van der Waals surface area contributed by atoms with Crippen LogP contribution >= 0.6 is 0 Å². The zero-order valence-electron chi connectivity index (χ0n) is 23.7. The van der Waals surface area contributed by atoms with Crippen LogP contribution < -0.4 is 9.47 Å². The Hall–Kier alpha value is -3.57. The quantitative estimate of drug-likeness (QED) is 0.201. The van der Waals surface area contributed by atoms with Gasteiger partial charge in [-0.25, -0.2) is 8.42 Å². The maximum Gasteiger partial charge on any atom is 0.206 e. The van der Waals surface area contributed by atoms with E-state index in [2.05, 4.69) is 71.0 Å². The number of hydrogen-bond donors (Lipinski definition) is 0. The standard InChI is InChI=1S/C34H38O4S/c1-7-34(6,8-2)38-30-17-13-27(14-18-30)33(4,5)26-11-15-28(16-12-26)37-29-19-23-32(24-20-29)39(35,36)31-21-9-25(3)10-22-31/h9-24H,7-8H2,1-6H3. The van der Waals surface area contributed by atoms with E-state index in [1.54, 1.807) is 48.5 Å². The Balaban J connectivity index is 1.44. The Kier molecular flexibility index (Phi) is 8.22. The van der Waals surface area contributed by atoms with Gasteiger partial charge in [-0.05, 0) is 98.5 Å². The third-order valence-corrected chi connectivity index (χ3v) is 9.50. The predicted molar refractivity (Wildman–Crippen MR) is 158 cm³/mol. The molecule has 0 unspecified atom stereocenters. The van der Waals surface area contributed by atoms with E-state index in [0.29, 0.717) is 11.5 Å². The first kappa shape index (κ1) is 28.4. The lowest BCUT2D eigenvalue weighted by atomic mass is 9.78. The Morgan fingerprint density at radius 2 is 0.974 bits per heavy atom. The predicted octanol–water partition coefficient (Wildman–Crippen LogP) is 8.90. The molecule has 4 rings (SSSR count). The third-order valence-electron chi connectivity index (χ3n) is 7.71. The maximum absolute atomic E-state index is 12.9.